The Morgan fingerprint density at radius 3 is 1.45 bits per heavy atom. The van der Waals surface area contributed by atoms with Crippen LogP contribution in [0.25, 0.3) is 22.3 Å². The van der Waals surface area contributed by atoms with E-state index in [-0.39, 0.29) is 0 Å². The minimum Gasteiger partial charge on any atom is -0.507 e. The van der Waals surface area contributed by atoms with Gasteiger partial charge in [0.05, 0.1) is 35.7 Å². The third kappa shape index (κ3) is 5.87. The van der Waals surface area contributed by atoms with Crippen LogP contribution >= 0.6 is 0 Å². The molecule has 2 N–H and O–H groups in total. The highest BCUT2D eigenvalue weighted by atomic mass is 19.4. The molecule has 1 saturated heterocycles. The van der Waals surface area contributed by atoms with Crippen LogP contribution in [0, 0.1) is 0 Å². The first-order valence-electron chi connectivity index (χ1n) is 13.7. The summed E-state index contributed by atoms with van der Waals surface area (Å²) in [7, 11) is 0. The van der Waals surface area contributed by atoms with Crippen LogP contribution in [0.1, 0.15) is 11.1 Å². The Hall–Kier alpha value is -4.42. The van der Waals surface area contributed by atoms with Crippen molar-refractivity contribution < 1.29 is 46.0 Å². The monoisotopic (exact) mass is 616 g/mol. The van der Waals surface area contributed by atoms with E-state index in [2.05, 4.69) is 4.90 Å². The van der Waals surface area contributed by atoms with Crippen LogP contribution in [0.2, 0.25) is 0 Å². The molecule has 0 aliphatic carbocycles. The lowest BCUT2D eigenvalue weighted by Crippen LogP contribution is -2.41. The molecule has 0 atom stereocenters. The van der Waals surface area contributed by atoms with Crippen LogP contribution in [0.15, 0.2) is 72.8 Å². The minimum absolute atomic E-state index is 0.367. The molecular weight excluding hydrogens is 590 g/mol. The number of alkyl halides is 6. The Bertz CT molecular complexity index is 1590. The summed E-state index contributed by atoms with van der Waals surface area (Å²) in [5.41, 5.74) is 0.790. The number of halogens is 6. The molecule has 6 nitrogen and oxygen atoms in total. The molecule has 4 aromatic rings. The van der Waals surface area contributed by atoms with Gasteiger partial charge in [0.25, 0.3) is 0 Å². The van der Waals surface area contributed by atoms with E-state index in [9.17, 15) is 36.6 Å². The van der Waals surface area contributed by atoms with Crippen molar-refractivity contribution in [1.29, 1.82) is 0 Å². The third-order valence-electron chi connectivity index (χ3n) is 7.74. The fourth-order valence-electron chi connectivity index (χ4n) is 5.45. The lowest BCUT2D eigenvalue weighted by molar-refractivity contribution is -0.139. The maximum absolute atomic E-state index is 13.2. The van der Waals surface area contributed by atoms with Crippen LogP contribution in [0.3, 0.4) is 0 Å². The number of hydrogen-bond donors (Lipinski definition) is 2. The third-order valence-corrected chi connectivity index (χ3v) is 7.74. The number of ether oxygens (including phenoxy) is 2. The Balaban J connectivity index is 1.39. The number of aromatic hydroxyl groups is 2. The number of hydrogen-bond acceptors (Lipinski definition) is 6. The molecule has 0 unspecified atom stereocenters. The Morgan fingerprint density at radius 1 is 0.591 bits per heavy atom. The average Bonchev–Trinajstić information content (AvgIpc) is 2.98. The van der Waals surface area contributed by atoms with Crippen molar-refractivity contribution in [3.05, 3.63) is 83.9 Å². The summed E-state index contributed by atoms with van der Waals surface area (Å²) in [6.07, 6.45) is -9.40. The molecule has 4 aromatic carbocycles. The SMILES string of the molecule is Oc1cc(-c2ccc3c(c2)N(CCN2CCOCC2)c2cc(-c4ccc(C(F)(F)F)c(O)c4)ccc2O3)ccc1C(F)(F)F. The van der Waals surface area contributed by atoms with E-state index in [0.29, 0.717) is 71.4 Å². The molecule has 0 bridgehead atoms. The van der Waals surface area contributed by atoms with Crippen LogP contribution in [0.4, 0.5) is 37.7 Å². The smallest absolute Gasteiger partial charge is 0.419 e. The quantitative estimate of drug-likeness (QED) is 0.221. The van der Waals surface area contributed by atoms with E-state index in [1.54, 1.807) is 36.4 Å². The first kappa shape index (κ1) is 29.6. The first-order chi connectivity index (χ1) is 20.9. The molecule has 0 radical (unpaired) electrons. The zero-order valence-corrected chi connectivity index (χ0v) is 23.0. The lowest BCUT2D eigenvalue weighted by atomic mass is 9.99. The van der Waals surface area contributed by atoms with Gasteiger partial charge in [-0.25, -0.2) is 0 Å². The number of benzene rings is 4. The molecule has 0 spiro atoms. The van der Waals surface area contributed by atoms with Gasteiger partial charge in [0.1, 0.15) is 11.5 Å². The van der Waals surface area contributed by atoms with Gasteiger partial charge in [-0.05, 0) is 70.8 Å². The number of nitrogens with zero attached hydrogens (tertiary/aromatic N) is 2. The predicted octanol–water partition coefficient (Wildman–Crippen LogP) is 8.05. The van der Waals surface area contributed by atoms with Crippen molar-refractivity contribution >= 4 is 11.4 Å². The van der Waals surface area contributed by atoms with Crippen molar-refractivity contribution in [3.63, 3.8) is 0 Å². The van der Waals surface area contributed by atoms with Crippen molar-refractivity contribution in [2.45, 2.75) is 12.4 Å². The molecule has 0 saturated carbocycles. The topological polar surface area (TPSA) is 65.4 Å². The molecule has 0 amide bonds. The van der Waals surface area contributed by atoms with Crippen LogP contribution in [-0.4, -0.2) is 54.5 Å². The van der Waals surface area contributed by atoms with Gasteiger partial charge in [-0.3, -0.25) is 4.90 Å². The average molecular weight is 617 g/mol. The Kier molecular flexibility index (Phi) is 7.58. The molecule has 1 fully saturated rings. The molecule has 0 aromatic heterocycles. The zero-order chi connectivity index (χ0) is 31.2. The summed E-state index contributed by atoms with van der Waals surface area (Å²) in [5, 5.41) is 20.2. The normalized spacial score (nSPS) is 15.5. The Morgan fingerprint density at radius 2 is 1.02 bits per heavy atom. The van der Waals surface area contributed by atoms with Crippen LogP contribution in [-0.2, 0) is 17.1 Å². The number of phenolic OH excluding ortho intramolecular Hbond substituents is 2. The van der Waals surface area contributed by atoms with Crippen molar-refractivity contribution in [1.82, 2.24) is 4.90 Å². The van der Waals surface area contributed by atoms with Crippen LogP contribution in [0.5, 0.6) is 23.0 Å². The second-order valence-corrected chi connectivity index (χ2v) is 10.5. The number of rotatable bonds is 5. The van der Waals surface area contributed by atoms with Crippen molar-refractivity contribution in [2.75, 3.05) is 44.3 Å². The molecule has 2 aliphatic heterocycles. The molecule has 12 heteroatoms. The molecular formula is C32H26F6N2O4. The summed E-state index contributed by atoms with van der Waals surface area (Å²) in [6.45, 7) is 3.78. The molecule has 44 heavy (non-hydrogen) atoms. The molecule has 2 aliphatic rings. The summed E-state index contributed by atoms with van der Waals surface area (Å²) in [6, 6.07) is 16.7. The predicted molar refractivity (Wildman–Crippen MR) is 151 cm³/mol. The van der Waals surface area contributed by atoms with Gasteiger partial charge in [-0.2, -0.15) is 26.3 Å². The number of anilines is 2. The second kappa shape index (κ2) is 11.3. The summed E-state index contributed by atoms with van der Waals surface area (Å²) in [5.74, 6) is -0.774. The van der Waals surface area contributed by atoms with E-state index in [0.717, 1.165) is 37.4 Å². The number of fused-ring (bicyclic) bond motifs is 2. The highest BCUT2D eigenvalue weighted by Gasteiger charge is 2.35. The summed E-state index contributed by atoms with van der Waals surface area (Å²) in [4.78, 5) is 4.22. The van der Waals surface area contributed by atoms with E-state index in [1.807, 2.05) is 4.90 Å². The van der Waals surface area contributed by atoms with Crippen LogP contribution < -0.4 is 9.64 Å². The van der Waals surface area contributed by atoms with E-state index < -0.39 is 35.0 Å². The summed E-state index contributed by atoms with van der Waals surface area (Å²) >= 11 is 0. The summed E-state index contributed by atoms with van der Waals surface area (Å²) < 4.78 is 91.0. The highest BCUT2D eigenvalue weighted by molar-refractivity contribution is 5.85. The molecule has 230 valence electrons. The fourth-order valence-corrected chi connectivity index (χ4v) is 5.45. The van der Waals surface area contributed by atoms with Gasteiger partial charge in [0.2, 0.25) is 0 Å². The van der Waals surface area contributed by atoms with E-state index >= 15 is 0 Å². The second-order valence-electron chi connectivity index (χ2n) is 10.5. The lowest BCUT2D eigenvalue weighted by Gasteiger charge is -2.36. The maximum atomic E-state index is 13.2. The zero-order valence-electron chi connectivity index (χ0n) is 23.0. The van der Waals surface area contributed by atoms with Gasteiger partial charge in [0.15, 0.2) is 11.5 Å². The molecule has 2 heterocycles. The highest BCUT2D eigenvalue weighted by Crippen LogP contribution is 2.50. The number of phenols is 2. The van der Waals surface area contributed by atoms with Crippen molar-refractivity contribution in [3.8, 4) is 45.3 Å². The molecule has 6 rings (SSSR count). The standard InChI is InChI=1S/C32H26F6N2O4/c33-31(34,35)23-5-1-21(17-27(23)41)19-3-7-29-25(15-19)40(10-9-39-11-13-43-14-12-39)26-16-20(4-8-30(26)44-29)22-2-6-24(28(42)18-22)32(36,37)38/h1-8,15-18,41-42H,9-14H2. The Labute approximate surface area is 248 Å². The van der Waals surface area contributed by atoms with Crippen molar-refractivity contribution in [2.24, 2.45) is 0 Å². The fraction of sp³-hybridized carbons (Fsp3) is 0.250. The van der Waals surface area contributed by atoms with E-state index in [4.69, 9.17) is 9.47 Å². The first-order valence-corrected chi connectivity index (χ1v) is 13.7. The van der Waals surface area contributed by atoms with Gasteiger partial charge in [0, 0.05) is 26.2 Å². The minimum atomic E-state index is -4.70. The van der Waals surface area contributed by atoms with Gasteiger partial charge in [-0.1, -0.05) is 24.3 Å². The van der Waals surface area contributed by atoms with Gasteiger partial charge >= 0.3 is 12.4 Å². The number of morpholine rings is 1. The maximum Gasteiger partial charge on any atom is 0.419 e. The van der Waals surface area contributed by atoms with E-state index in [1.165, 1.54) is 12.1 Å². The van der Waals surface area contributed by atoms with Gasteiger partial charge < -0.3 is 24.6 Å². The van der Waals surface area contributed by atoms with Gasteiger partial charge in [-0.15, -0.1) is 0 Å². The largest absolute Gasteiger partial charge is 0.507 e.